The maximum Gasteiger partial charge on any atom is 0.354 e. The molecule has 20 heavy (non-hydrogen) atoms. The fourth-order valence-electron chi connectivity index (χ4n) is 1.73. The van der Waals surface area contributed by atoms with Crippen LogP contribution in [0.15, 0.2) is 11.8 Å². The molecule has 0 amide bonds. The Morgan fingerprint density at radius 3 is 2.30 bits per heavy atom. The van der Waals surface area contributed by atoms with Crippen molar-refractivity contribution >= 4 is 24.3 Å². The van der Waals surface area contributed by atoms with E-state index in [9.17, 15) is 18.4 Å². The van der Waals surface area contributed by atoms with Gasteiger partial charge in [0.1, 0.15) is 5.70 Å². The van der Waals surface area contributed by atoms with Gasteiger partial charge in [-0.2, -0.15) is 0 Å². The van der Waals surface area contributed by atoms with Crippen LogP contribution in [0.2, 0.25) is 0 Å². The van der Waals surface area contributed by atoms with Gasteiger partial charge in [-0.1, -0.05) is 0 Å². The Kier molecular flexibility index (Phi) is 7.49. The van der Waals surface area contributed by atoms with Gasteiger partial charge in [0.05, 0.1) is 19.8 Å². The monoisotopic (exact) mass is 313 g/mol. The van der Waals surface area contributed by atoms with Crippen LogP contribution >= 0.6 is 12.4 Å². The maximum absolute atomic E-state index is 13.1. The van der Waals surface area contributed by atoms with E-state index >= 15 is 0 Å². The lowest BCUT2D eigenvalue weighted by molar-refractivity contribution is -0.143. The van der Waals surface area contributed by atoms with E-state index < -0.39 is 17.9 Å². The SMILES string of the molecule is CCOC(=O)/C(=C/C(=O)OC)N1CCC(F)(F)CC1.Cl. The molecule has 1 saturated heterocycles. The molecule has 5 nitrogen and oxygen atoms in total. The van der Waals surface area contributed by atoms with Crippen molar-refractivity contribution in [1.29, 1.82) is 0 Å². The second kappa shape index (κ2) is 8.04. The zero-order valence-electron chi connectivity index (χ0n) is 11.4. The predicted molar refractivity (Wildman–Crippen MR) is 69.7 cm³/mol. The van der Waals surface area contributed by atoms with Crippen LogP contribution in [-0.4, -0.2) is 49.6 Å². The average Bonchev–Trinajstić information content (AvgIpc) is 2.36. The third-order valence-electron chi connectivity index (χ3n) is 2.78. The number of alkyl halides is 2. The first-order chi connectivity index (χ1) is 8.89. The minimum atomic E-state index is -2.72. The minimum Gasteiger partial charge on any atom is -0.466 e. The smallest absolute Gasteiger partial charge is 0.354 e. The van der Waals surface area contributed by atoms with E-state index in [-0.39, 0.29) is 50.6 Å². The largest absolute Gasteiger partial charge is 0.466 e. The van der Waals surface area contributed by atoms with Crippen molar-refractivity contribution in [2.75, 3.05) is 26.8 Å². The van der Waals surface area contributed by atoms with Crippen LogP contribution < -0.4 is 0 Å². The van der Waals surface area contributed by atoms with Crippen molar-refractivity contribution in [2.45, 2.75) is 25.7 Å². The van der Waals surface area contributed by atoms with Crippen LogP contribution in [0.25, 0.3) is 0 Å². The first-order valence-corrected chi connectivity index (χ1v) is 5.99. The van der Waals surface area contributed by atoms with Crippen molar-refractivity contribution in [3.05, 3.63) is 11.8 Å². The van der Waals surface area contributed by atoms with Crippen molar-refractivity contribution in [2.24, 2.45) is 0 Å². The van der Waals surface area contributed by atoms with Gasteiger partial charge in [0.15, 0.2) is 0 Å². The third kappa shape index (κ3) is 5.32. The summed E-state index contributed by atoms with van der Waals surface area (Å²) >= 11 is 0. The van der Waals surface area contributed by atoms with Crippen LogP contribution in [0.4, 0.5) is 8.78 Å². The number of likely N-dealkylation sites (tertiary alicyclic amines) is 1. The van der Waals surface area contributed by atoms with Crippen LogP contribution in [0.1, 0.15) is 19.8 Å². The van der Waals surface area contributed by atoms with E-state index in [1.807, 2.05) is 0 Å². The molecule has 0 N–H and O–H groups in total. The molecule has 0 unspecified atom stereocenters. The van der Waals surface area contributed by atoms with Gasteiger partial charge in [-0.25, -0.2) is 18.4 Å². The number of piperidine rings is 1. The van der Waals surface area contributed by atoms with Crippen LogP contribution in [0.3, 0.4) is 0 Å². The Labute approximate surface area is 122 Å². The number of hydrogen-bond acceptors (Lipinski definition) is 5. The highest BCUT2D eigenvalue weighted by atomic mass is 35.5. The van der Waals surface area contributed by atoms with E-state index in [1.54, 1.807) is 6.92 Å². The minimum absolute atomic E-state index is 0. The van der Waals surface area contributed by atoms with Crippen molar-refractivity contribution in [3.8, 4) is 0 Å². The molecule has 0 aromatic rings. The van der Waals surface area contributed by atoms with E-state index in [0.29, 0.717) is 0 Å². The van der Waals surface area contributed by atoms with Crippen LogP contribution in [0, 0.1) is 0 Å². The van der Waals surface area contributed by atoms with Gasteiger partial charge >= 0.3 is 11.9 Å². The summed E-state index contributed by atoms with van der Waals surface area (Å²) in [5.41, 5.74) is -0.0378. The van der Waals surface area contributed by atoms with E-state index in [1.165, 1.54) is 12.0 Å². The van der Waals surface area contributed by atoms with Crippen molar-refractivity contribution in [3.63, 3.8) is 0 Å². The molecule has 1 rings (SSSR count). The highest BCUT2D eigenvalue weighted by Crippen LogP contribution is 2.29. The number of nitrogens with zero attached hydrogens (tertiary/aromatic N) is 1. The number of esters is 2. The second-order valence-electron chi connectivity index (χ2n) is 4.12. The molecule has 0 bridgehead atoms. The normalized spacial score (nSPS) is 18.0. The molecular formula is C12H18ClF2NO4. The summed E-state index contributed by atoms with van der Waals surface area (Å²) in [6, 6.07) is 0. The Morgan fingerprint density at radius 1 is 1.30 bits per heavy atom. The average molecular weight is 314 g/mol. The zero-order chi connectivity index (χ0) is 14.5. The first-order valence-electron chi connectivity index (χ1n) is 5.99. The molecule has 0 aromatic heterocycles. The Morgan fingerprint density at radius 2 is 1.85 bits per heavy atom. The Bertz CT molecular complexity index is 378. The number of rotatable bonds is 4. The molecule has 1 aliphatic heterocycles. The molecule has 1 heterocycles. The summed E-state index contributed by atoms with van der Waals surface area (Å²) in [6.45, 7) is 1.75. The maximum atomic E-state index is 13.1. The number of ether oxygens (including phenoxy) is 2. The zero-order valence-corrected chi connectivity index (χ0v) is 12.2. The number of carbonyl (C=O) groups is 2. The van der Waals surface area contributed by atoms with E-state index in [4.69, 9.17) is 4.74 Å². The Balaban J connectivity index is 0.00000361. The standard InChI is InChI=1S/C12H17F2NO4.ClH/c1-3-19-11(17)9(8-10(16)18-2)15-6-4-12(13,14)5-7-15;/h8H,3-7H2,1-2H3;1H/b9-8-;. The first kappa shape index (κ1) is 18.6. The van der Waals surface area contributed by atoms with Gasteiger partial charge in [0, 0.05) is 25.9 Å². The molecule has 8 heteroatoms. The van der Waals surface area contributed by atoms with Crippen molar-refractivity contribution in [1.82, 2.24) is 4.90 Å². The summed E-state index contributed by atoms with van der Waals surface area (Å²) in [5, 5.41) is 0. The highest BCUT2D eigenvalue weighted by molar-refractivity contribution is 5.95. The van der Waals surface area contributed by atoms with Gasteiger partial charge in [-0.15, -0.1) is 12.4 Å². The van der Waals surface area contributed by atoms with E-state index in [0.717, 1.165) is 6.08 Å². The Hall–Kier alpha value is -1.37. The lowest BCUT2D eigenvalue weighted by Gasteiger charge is -2.33. The number of hydrogen-bond donors (Lipinski definition) is 0. The summed E-state index contributed by atoms with van der Waals surface area (Å²) in [4.78, 5) is 24.4. The molecule has 0 saturated carbocycles. The quantitative estimate of drug-likeness (QED) is 0.585. The molecular weight excluding hydrogens is 296 g/mol. The summed E-state index contributed by atoms with van der Waals surface area (Å²) in [7, 11) is 1.17. The van der Waals surface area contributed by atoms with Gasteiger partial charge in [-0.3, -0.25) is 0 Å². The van der Waals surface area contributed by atoms with E-state index in [2.05, 4.69) is 4.74 Å². The third-order valence-corrected chi connectivity index (χ3v) is 2.78. The number of carbonyl (C=O) groups excluding carboxylic acids is 2. The summed E-state index contributed by atoms with van der Waals surface area (Å²) < 4.78 is 35.4. The van der Waals surface area contributed by atoms with Crippen LogP contribution in [-0.2, 0) is 19.1 Å². The molecule has 116 valence electrons. The van der Waals surface area contributed by atoms with Gasteiger partial charge in [0.25, 0.3) is 5.92 Å². The molecule has 1 aliphatic rings. The number of methoxy groups -OCH3 is 1. The molecule has 0 spiro atoms. The van der Waals surface area contributed by atoms with Gasteiger partial charge < -0.3 is 14.4 Å². The van der Waals surface area contributed by atoms with Gasteiger partial charge in [-0.05, 0) is 6.92 Å². The molecule has 0 aliphatic carbocycles. The summed E-state index contributed by atoms with van der Waals surface area (Å²) in [6.07, 6.45) is 0.261. The second-order valence-corrected chi connectivity index (χ2v) is 4.12. The van der Waals surface area contributed by atoms with Crippen molar-refractivity contribution < 1.29 is 27.8 Å². The lowest BCUT2D eigenvalue weighted by atomic mass is 10.1. The van der Waals surface area contributed by atoms with Gasteiger partial charge in [0.2, 0.25) is 0 Å². The predicted octanol–water partition coefficient (Wildman–Crippen LogP) is 1.76. The fraction of sp³-hybridized carbons (Fsp3) is 0.667. The molecule has 0 radical (unpaired) electrons. The molecule has 1 fully saturated rings. The fourth-order valence-corrected chi connectivity index (χ4v) is 1.73. The molecule has 0 aromatic carbocycles. The lowest BCUT2D eigenvalue weighted by Crippen LogP contribution is -2.41. The topological polar surface area (TPSA) is 55.8 Å². The highest BCUT2D eigenvalue weighted by Gasteiger charge is 2.36. The molecule has 0 atom stereocenters. The summed E-state index contributed by atoms with van der Waals surface area (Å²) in [5.74, 6) is -4.15. The number of halogens is 3. The van der Waals surface area contributed by atoms with Crippen LogP contribution in [0.5, 0.6) is 0 Å².